The fraction of sp³-hybridized carbons (Fsp3) is 0.556. The summed E-state index contributed by atoms with van der Waals surface area (Å²) in [5.74, 6) is 1.39. The zero-order valence-electron chi connectivity index (χ0n) is 20.6. The molecule has 0 saturated heterocycles. The van der Waals surface area contributed by atoms with E-state index in [1.165, 1.54) is 5.56 Å². The molecule has 1 heterocycles. The van der Waals surface area contributed by atoms with Crippen molar-refractivity contribution in [2.45, 2.75) is 90.2 Å². The largest absolute Gasteiger partial charge is 0.496 e. The van der Waals surface area contributed by atoms with E-state index in [1.54, 1.807) is 7.11 Å². The Hall–Kier alpha value is -2.76. The molecule has 1 saturated carbocycles. The Morgan fingerprint density at radius 3 is 2.61 bits per heavy atom. The molecule has 1 aromatic heterocycles. The maximum Gasteiger partial charge on any atom is 0.407 e. The van der Waals surface area contributed by atoms with Gasteiger partial charge in [0.2, 0.25) is 0 Å². The predicted octanol–water partition coefficient (Wildman–Crippen LogP) is 6.09. The molecule has 1 aromatic carbocycles. The third-order valence-electron chi connectivity index (χ3n) is 6.18. The minimum atomic E-state index is -0.496. The van der Waals surface area contributed by atoms with Crippen molar-refractivity contribution in [2.75, 3.05) is 7.11 Å². The molecule has 0 aliphatic heterocycles. The first-order valence-electron chi connectivity index (χ1n) is 12.0. The highest BCUT2D eigenvalue weighted by atomic mass is 16.6. The number of carbonyl (C=O) groups is 2. The number of amides is 1. The van der Waals surface area contributed by atoms with Gasteiger partial charge in [0.25, 0.3) is 0 Å². The molecule has 0 radical (unpaired) electrons. The van der Waals surface area contributed by atoms with Crippen molar-refractivity contribution < 1.29 is 19.1 Å². The number of methoxy groups -OCH3 is 1. The topological polar surface area (TPSA) is 80.4 Å². The predicted molar refractivity (Wildman–Crippen MR) is 130 cm³/mol. The minimum absolute atomic E-state index is 0.105. The summed E-state index contributed by atoms with van der Waals surface area (Å²) in [5, 5.41) is 2.97. The van der Waals surface area contributed by atoms with Gasteiger partial charge in [-0.2, -0.15) is 0 Å². The van der Waals surface area contributed by atoms with Crippen LogP contribution in [0.25, 0.3) is 0 Å². The molecular formula is C27H38N2O4. The van der Waals surface area contributed by atoms with Crippen LogP contribution in [-0.4, -0.2) is 35.6 Å². The molecule has 33 heavy (non-hydrogen) atoms. The molecule has 0 unspecified atom stereocenters. The first kappa shape index (κ1) is 24.9. The Kier molecular flexibility index (Phi) is 8.22. The summed E-state index contributed by atoms with van der Waals surface area (Å²) in [6.07, 6.45) is 5.74. The lowest BCUT2D eigenvalue weighted by molar-refractivity contribution is 0.0505. The molecule has 1 fully saturated rings. The van der Waals surface area contributed by atoms with E-state index in [0.29, 0.717) is 18.0 Å². The molecule has 1 aliphatic rings. The average molecular weight is 455 g/mol. The number of Topliss-reactive ketones (excluding diaryl/α,β-unsaturated/α-hetero) is 1. The Balaban J connectivity index is 1.42. The number of aromatic nitrogens is 1. The molecule has 6 nitrogen and oxygen atoms in total. The molecule has 6 heteroatoms. The number of H-pyrrole nitrogens is 1. The van der Waals surface area contributed by atoms with Crippen LogP contribution < -0.4 is 10.1 Å². The van der Waals surface area contributed by atoms with Crippen LogP contribution in [0, 0.1) is 6.92 Å². The van der Waals surface area contributed by atoms with E-state index >= 15 is 0 Å². The number of alkyl carbamates (subject to hydrolysis) is 1. The van der Waals surface area contributed by atoms with E-state index in [4.69, 9.17) is 9.47 Å². The van der Waals surface area contributed by atoms with E-state index < -0.39 is 5.60 Å². The quantitative estimate of drug-likeness (QED) is 0.355. The van der Waals surface area contributed by atoms with Crippen LogP contribution in [0.5, 0.6) is 5.75 Å². The maximum atomic E-state index is 12.6. The van der Waals surface area contributed by atoms with Gasteiger partial charge in [-0.25, -0.2) is 4.79 Å². The number of hydrogen-bond acceptors (Lipinski definition) is 4. The van der Waals surface area contributed by atoms with Crippen LogP contribution in [0.15, 0.2) is 30.3 Å². The molecule has 0 spiro atoms. The third-order valence-corrected chi connectivity index (χ3v) is 6.18. The number of ketones is 1. The van der Waals surface area contributed by atoms with Crippen molar-refractivity contribution in [3.8, 4) is 5.75 Å². The van der Waals surface area contributed by atoms with Gasteiger partial charge in [0.15, 0.2) is 5.78 Å². The molecule has 2 atom stereocenters. The number of rotatable bonds is 9. The molecule has 180 valence electrons. The van der Waals surface area contributed by atoms with Gasteiger partial charge in [-0.3, -0.25) is 4.79 Å². The second-order valence-electron chi connectivity index (χ2n) is 10.1. The smallest absolute Gasteiger partial charge is 0.407 e. The van der Waals surface area contributed by atoms with Crippen LogP contribution in [0.3, 0.4) is 0 Å². The first-order valence-corrected chi connectivity index (χ1v) is 12.0. The second-order valence-corrected chi connectivity index (χ2v) is 10.1. The molecule has 1 aliphatic carbocycles. The Morgan fingerprint density at radius 2 is 1.91 bits per heavy atom. The third kappa shape index (κ3) is 7.37. The monoisotopic (exact) mass is 454 g/mol. The highest BCUT2D eigenvalue weighted by Gasteiger charge is 2.29. The second kappa shape index (κ2) is 10.9. The van der Waals surface area contributed by atoms with E-state index in [-0.39, 0.29) is 17.9 Å². The summed E-state index contributed by atoms with van der Waals surface area (Å²) < 4.78 is 10.7. The maximum absolute atomic E-state index is 12.6. The standard InChI is InChI=1S/C27H38N2O4/c1-18-16-19(10-15-25(18)32-5)8-6-7-9-24(30)23-14-13-22(29-23)20-11-12-21(17-20)28-26(31)33-27(2,3)4/h10,13-16,20-21,29H,6-9,11-12,17H2,1-5H3,(H,28,31)/t20-,21+/m0/s1. The lowest BCUT2D eigenvalue weighted by Crippen LogP contribution is -2.37. The van der Waals surface area contributed by atoms with Gasteiger partial charge in [0.05, 0.1) is 12.8 Å². The van der Waals surface area contributed by atoms with Gasteiger partial charge < -0.3 is 19.8 Å². The Morgan fingerprint density at radius 1 is 1.12 bits per heavy atom. The van der Waals surface area contributed by atoms with Crippen molar-refractivity contribution in [3.05, 3.63) is 52.8 Å². The summed E-state index contributed by atoms with van der Waals surface area (Å²) in [6.45, 7) is 7.64. The average Bonchev–Trinajstić information content (AvgIpc) is 3.39. The van der Waals surface area contributed by atoms with Gasteiger partial charge >= 0.3 is 6.09 Å². The van der Waals surface area contributed by atoms with Gasteiger partial charge in [0, 0.05) is 24.1 Å². The van der Waals surface area contributed by atoms with Crippen molar-refractivity contribution in [3.63, 3.8) is 0 Å². The number of benzene rings is 1. The number of carbonyl (C=O) groups excluding carboxylic acids is 2. The summed E-state index contributed by atoms with van der Waals surface area (Å²) >= 11 is 0. The molecule has 0 bridgehead atoms. The number of aryl methyl sites for hydroxylation is 2. The highest BCUT2D eigenvalue weighted by molar-refractivity contribution is 5.94. The zero-order chi connectivity index (χ0) is 24.0. The van der Waals surface area contributed by atoms with Crippen molar-refractivity contribution in [1.82, 2.24) is 10.3 Å². The lowest BCUT2D eigenvalue weighted by atomic mass is 10.0. The summed E-state index contributed by atoms with van der Waals surface area (Å²) in [4.78, 5) is 28.0. The highest BCUT2D eigenvalue weighted by Crippen LogP contribution is 2.34. The SMILES string of the molecule is COc1ccc(CCCCC(=O)c2ccc([C@H]3CC[C@@H](NC(=O)OC(C)(C)C)C3)[nH]2)cc1C. The number of unbranched alkanes of at least 4 members (excludes halogenated alkanes) is 1. The van der Waals surface area contributed by atoms with Crippen LogP contribution in [0.1, 0.15) is 92.5 Å². The van der Waals surface area contributed by atoms with E-state index in [1.807, 2.05) is 39.0 Å². The normalized spacial score (nSPS) is 18.2. The van der Waals surface area contributed by atoms with Gasteiger partial charge in [-0.15, -0.1) is 0 Å². The van der Waals surface area contributed by atoms with E-state index in [0.717, 1.165) is 55.5 Å². The molecule has 2 N–H and O–H groups in total. The molecule has 2 aromatic rings. The Labute approximate surface area is 197 Å². The van der Waals surface area contributed by atoms with Crippen LogP contribution >= 0.6 is 0 Å². The van der Waals surface area contributed by atoms with Crippen LogP contribution in [0.4, 0.5) is 4.79 Å². The number of hydrogen-bond donors (Lipinski definition) is 2. The van der Waals surface area contributed by atoms with Gasteiger partial charge in [-0.05, 0) is 95.5 Å². The van der Waals surface area contributed by atoms with Crippen molar-refractivity contribution >= 4 is 11.9 Å². The minimum Gasteiger partial charge on any atom is -0.496 e. The van der Waals surface area contributed by atoms with Crippen molar-refractivity contribution in [1.29, 1.82) is 0 Å². The van der Waals surface area contributed by atoms with Gasteiger partial charge in [-0.1, -0.05) is 12.1 Å². The lowest BCUT2D eigenvalue weighted by Gasteiger charge is -2.21. The summed E-state index contributed by atoms with van der Waals surface area (Å²) in [7, 11) is 1.69. The molecule has 3 rings (SSSR count). The van der Waals surface area contributed by atoms with E-state index in [9.17, 15) is 9.59 Å². The first-order chi connectivity index (χ1) is 15.6. The van der Waals surface area contributed by atoms with Gasteiger partial charge in [0.1, 0.15) is 11.4 Å². The fourth-order valence-electron chi connectivity index (χ4n) is 4.53. The van der Waals surface area contributed by atoms with Crippen LogP contribution in [0.2, 0.25) is 0 Å². The summed E-state index contributed by atoms with van der Waals surface area (Å²) in [6, 6.07) is 10.3. The molecule has 1 amide bonds. The van der Waals surface area contributed by atoms with E-state index in [2.05, 4.69) is 29.4 Å². The molecular weight excluding hydrogens is 416 g/mol. The zero-order valence-corrected chi connectivity index (χ0v) is 20.6. The number of nitrogens with one attached hydrogen (secondary N) is 2. The van der Waals surface area contributed by atoms with Crippen LogP contribution in [-0.2, 0) is 11.2 Å². The van der Waals surface area contributed by atoms with Crippen molar-refractivity contribution in [2.24, 2.45) is 0 Å². The fourth-order valence-corrected chi connectivity index (χ4v) is 4.53. The summed E-state index contributed by atoms with van der Waals surface area (Å²) in [5.41, 5.74) is 3.69. The number of ether oxygens (including phenoxy) is 2. The number of aromatic amines is 1. The Bertz CT molecular complexity index is 957.